The summed E-state index contributed by atoms with van der Waals surface area (Å²) in [5, 5.41) is 21.1. The van der Waals surface area contributed by atoms with Crippen molar-refractivity contribution in [2.24, 2.45) is 0 Å². The van der Waals surface area contributed by atoms with E-state index >= 15 is 0 Å². The molecule has 1 unspecified atom stereocenters. The molecule has 1 aromatic heterocycles. The SMILES string of the molecule is N#Cc1ccc2c(c1)CCCC2Oc1ccc(N)c(C(=N)c2cnoc2)c1. The maximum absolute atomic E-state index is 9.10. The van der Waals surface area contributed by atoms with Gasteiger partial charge in [-0.05, 0) is 60.7 Å². The topological polar surface area (TPSA) is 109 Å². The highest BCUT2D eigenvalue weighted by atomic mass is 16.5. The van der Waals surface area contributed by atoms with E-state index in [0.29, 0.717) is 28.1 Å². The van der Waals surface area contributed by atoms with E-state index in [4.69, 9.17) is 25.7 Å². The lowest BCUT2D eigenvalue weighted by Gasteiger charge is -2.27. The number of fused-ring (bicyclic) bond motifs is 1. The van der Waals surface area contributed by atoms with Gasteiger partial charge < -0.3 is 15.0 Å². The van der Waals surface area contributed by atoms with Crippen molar-refractivity contribution >= 4 is 11.4 Å². The third-order valence-electron chi connectivity index (χ3n) is 4.82. The fourth-order valence-electron chi connectivity index (χ4n) is 3.44. The molecule has 6 heteroatoms. The van der Waals surface area contributed by atoms with E-state index < -0.39 is 0 Å². The van der Waals surface area contributed by atoms with Crippen molar-refractivity contribution in [3.63, 3.8) is 0 Å². The van der Waals surface area contributed by atoms with Gasteiger partial charge in [-0.3, -0.25) is 5.41 Å². The number of hydrogen-bond acceptors (Lipinski definition) is 6. The molecule has 0 spiro atoms. The van der Waals surface area contributed by atoms with Gasteiger partial charge in [-0.25, -0.2) is 0 Å². The van der Waals surface area contributed by atoms with Crippen LogP contribution in [0, 0.1) is 16.7 Å². The molecular weight excluding hydrogens is 340 g/mol. The fraction of sp³-hybridized carbons (Fsp3) is 0.190. The van der Waals surface area contributed by atoms with E-state index in [1.54, 1.807) is 12.1 Å². The van der Waals surface area contributed by atoms with Gasteiger partial charge in [0.05, 0.1) is 29.1 Å². The molecule has 0 radical (unpaired) electrons. The molecule has 6 nitrogen and oxygen atoms in total. The highest BCUT2D eigenvalue weighted by Crippen LogP contribution is 2.35. The van der Waals surface area contributed by atoms with E-state index in [1.165, 1.54) is 12.5 Å². The van der Waals surface area contributed by atoms with Gasteiger partial charge in [0.25, 0.3) is 0 Å². The minimum atomic E-state index is -0.0808. The van der Waals surface area contributed by atoms with Gasteiger partial charge >= 0.3 is 0 Å². The highest BCUT2D eigenvalue weighted by Gasteiger charge is 2.22. The second kappa shape index (κ2) is 6.96. The molecule has 134 valence electrons. The van der Waals surface area contributed by atoms with E-state index in [-0.39, 0.29) is 11.8 Å². The molecule has 0 saturated carbocycles. The van der Waals surface area contributed by atoms with E-state index in [0.717, 1.165) is 30.4 Å². The van der Waals surface area contributed by atoms with Gasteiger partial charge in [0, 0.05) is 11.3 Å². The molecule has 27 heavy (non-hydrogen) atoms. The number of benzene rings is 2. The molecule has 0 amide bonds. The Labute approximate surface area is 156 Å². The fourth-order valence-corrected chi connectivity index (χ4v) is 3.44. The van der Waals surface area contributed by atoms with Crippen LogP contribution in [-0.4, -0.2) is 10.9 Å². The predicted octanol–water partition coefficient (Wildman–Crippen LogP) is 4.00. The monoisotopic (exact) mass is 358 g/mol. The first-order valence-electron chi connectivity index (χ1n) is 8.73. The number of rotatable bonds is 4. The van der Waals surface area contributed by atoms with Gasteiger partial charge in [-0.1, -0.05) is 11.2 Å². The summed E-state index contributed by atoms with van der Waals surface area (Å²) in [6.07, 6.45) is 5.68. The minimum Gasteiger partial charge on any atom is -0.486 e. The minimum absolute atomic E-state index is 0.0808. The Morgan fingerprint density at radius 2 is 2.19 bits per heavy atom. The number of aryl methyl sites for hydroxylation is 1. The molecule has 3 aromatic rings. The number of nitrogens with two attached hydrogens (primary N) is 1. The lowest BCUT2D eigenvalue weighted by Crippen LogP contribution is -2.16. The van der Waals surface area contributed by atoms with Crippen LogP contribution in [-0.2, 0) is 6.42 Å². The van der Waals surface area contributed by atoms with Crippen LogP contribution in [0.3, 0.4) is 0 Å². The molecule has 3 N–H and O–H groups in total. The van der Waals surface area contributed by atoms with Crippen LogP contribution in [0.25, 0.3) is 0 Å². The first-order valence-corrected chi connectivity index (χ1v) is 8.73. The zero-order chi connectivity index (χ0) is 18.8. The number of aromatic nitrogens is 1. The quantitative estimate of drug-likeness (QED) is 0.541. The molecule has 0 fully saturated rings. The van der Waals surface area contributed by atoms with Gasteiger partial charge in [0.2, 0.25) is 0 Å². The molecule has 0 saturated heterocycles. The van der Waals surface area contributed by atoms with Gasteiger partial charge in [-0.15, -0.1) is 0 Å². The summed E-state index contributed by atoms with van der Waals surface area (Å²) >= 11 is 0. The lowest BCUT2D eigenvalue weighted by atomic mass is 9.88. The summed E-state index contributed by atoms with van der Waals surface area (Å²) in [7, 11) is 0. The van der Waals surface area contributed by atoms with Gasteiger partial charge in [0.1, 0.15) is 18.1 Å². The molecule has 4 rings (SSSR count). The van der Waals surface area contributed by atoms with Gasteiger partial charge in [-0.2, -0.15) is 5.26 Å². The Bertz CT molecular complexity index is 1030. The highest BCUT2D eigenvalue weighted by molar-refractivity contribution is 6.13. The van der Waals surface area contributed by atoms with E-state index in [9.17, 15) is 0 Å². The number of ether oxygens (including phenoxy) is 1. The van der Waals surface area contributed by atoms with Crippen molar-refractivity contribution in [1.82, 2.24) is 5.16 Å². The van der Waals surface area contributed by atoms with E-state index in [2.05, 4.69) is 11.2 Å². The molecule has 2 aromatic carbocycles. The maximum Gasteiger partial charge on any atom is 0.133 e. The normalized spacial score (nSPS) is 15.6. The Kier molecular flexibility index (Phi) is 4.35. The molecule has 1 aliphatic carbocycles. The maximum atomic E-state index is 9.10. The second-order valence-corrected chi connectivity index (χ2v) is 6.56. The predicted molar refractivity (Wildman–Crippen MR) is 101 cm³/mol. The van der Waals surface area contributed by atoms with Crippen LogP contribution < -0.4 is 10.5 Å². The molecule has 1 heterocycles. The van der Waals surface area contributed by atoms with Gasteiger partial charge in [0.15, 0.2) is 0 Å². The van der Waals surface area contributed by atoms with E-state index in [1.807, 2.05) is 24.3 Å². The van der Waals surface area contributed by atoms with Crippen LogP contribution in [0.2, 0.25) is 0 Å². The van der Waals surface area contributed by atoms with Crippen molar-refractivity contribution in [1.29, 1.82) is 10.7 Å². The molecule has 1 aliphatic rings. The smallest absolute Gasteiger partial charge is 0.133 e. The molecule has 0 bridgehead atoms. The van der Waals surface area contributed by atoms with Crippen molar-refractivity contribution in [2.75, 3.05) is 5.73 Å². The summed E-state index contributed by atoms with van der Waals surface area (Å²) in [5.74, 6) is 0.655. The number of nitriles is 1. The third kappa shape index (κ3) is 3.27. The van der Waals surface area contributed by atoms with Crippen molar-refractivity contribution in [2.45, 2.75) is 25.4 Å². The van der Waals surface area contributed by atoms with Crippen LogP contribution in [0.15, 0.2) is 53.4 Å². The van der Waals surface area contributed by atoms with Crippen molar-refractivity contribution in [3.05, 3.63) is 76.7 Å². The van der Waals surface area contributed by atoms with Crippen LogP contribution in [0.1, 0.15) is 46.8 Å². The van der Waals surface area contributed by atoms with Crippen LogP contribution >= 0.6 is 0 Å². The molecular formula is C21H18N4O2. The van der Waals surface area contributed by atoms with Crippen LogP contribution in [0.4, 0.5) is 5.69 Å². The first kappa shape index (κ1) is 16.9. The van der Waals surface area contributed by atoms with Crippen molar-refractivity contribution in [3.8, 4) is 11.8 Å². The Morgan fingerprint density at radius 1 is 1.30 bits per heavy atom. The summed E-state index contributed by atoms with van der Waals surface area (Å²) in [4.78, 5) is 0. The third-order valence-corrected chi connectivity index (χ3v) is 4.82. The van der Waals surface area contributed by atoms with Crippen LogP contribution in [0.5, 0.6) is 5.75 Å². The average molecular weight is 358 g/mol. The standard InChI is InChI=1S/C21H18N4O2/c22-10-13-4-6-17-14(8-13)2-1-3-20(17)27-16-5-7-19(23)18(9-16)21(24)15-11-25-26-12-15/h4-9,11-12,20,24H,1-3,23H2. The second-order valence-electron chi connectivity index (χ2n) is 6.56. The lowest BCUT2D eigenvalue weighted by molar-refractivity contribution is 0.183. The number of nitrogens with one attached hydrogen (secondary N) is 1. The largest absolute Gasteiger partial charge is 0.486 e. The summed E-state index contributed by atoms with van der Waals surface area (Å²) in [5.41, 5.74) is 10.9. The number of nitrogens with zero attached hydrogens (tertiary/aromatic N) is 2. The summed E-state index contributed by atoms with van der Waals surface area (Å²) in [6, 6.07) is 13.3. The van der Waals surface area contributed by atoms with Crippen molar-refractivity contribution < 1.29 is 9.26 Å². The number of anilines is 1. The summed E-state index contributed by atoms with van der Waals surface area (Å²) in [6.45, 7) is 0. The number of nitrogen functional groups attached to an aromatic ring is 1. The summed E-state index contributed by atoms with van der Waals surface area (Å²) < 4.78 is 11.1. The zero-order valence-corrected chi connectivity index (χ0v) is 14.6. The number of hydrogen-bond donors (Lipinski definition) is 2. The molecule has 0 aliphatic heterocycles. The molecule has 1 atom stereocenters. The Morgan fingerprint density at radius 3 is 2.96 bits per heavy atom. The first-order chi connectivity index (χ1) is 13.2. The average Bonchev–Trinajstić information content (AvgIpc) is 3.23. The Hall–Kier alpha value is -3.59. The Balaban J connectivity index is 1.62. The zero-order valence-electron chi connectivity index (χ0n) is 14.6.